The first-order valence-electron chi connectivity index (χ1n) is 14.7. The van der Waals surface area contributed by atoms with Gasteiger partial charge in [0.1, 0.15) is 12.2 Å². The monoisotopic (exact) mass is 534 g/mol. The fourth-order valence-corrected chi connectivity index (χ4v) is 6.01. The predicted molar refractivity (Wildman–Crippen MR) is 145 cm³/mol. The van der Waals surface area contributed by atoms with E-state index in [4.69, 9.17) is 14.2 Å². The van der Waals surface area contributed by atoms with Crippen molar-refractivity contribution in [3.63, 3.8) is 0 Å². The molecule has 0 amide bonds. The highest BCUT2D eigenvalue weighted by Gasteiger charge is 2.45. The molecule has 0 unspecified atom stereocenters. The number of aliphatic hydroxyl groups is 1. The molecule has 1 aliphatic heterocycles. The van der Waals surface area contributed by atoms with Gasteiger partial charge in [-0.1, -0.05) is 32.4 Å². The van der Waals surface area contributed by atoms with E-state index in [0.717, 1.165) is 19.3 Å². The molecule has 216 valence electrons. The lowest BCUT2D eigenvalue weighted by molar-refractivity contribution is -0.168. The summed E-state index contributed by atoms with van der Waals surface area (Å²) < 4.78 is 17.6. The molecule has 3 rings (SSSR count). The summed E-state index contributed by atoms with van der Waals surface area (Å²) >= 11 is 0. The van der Waals surface area contributed by atoms with Crippen LogP contribution in [0.3, 0.4) is 0 Å². The molecule has 3 aliphatic rings. The van der Waals surface area contributed by atoms with Gasteiger partial charge >= 0.3 is 17.9 Å². The fourth-order valence-electron chi connectivity index (χ4n) is 6.01. The molecule has 0 aromatic heterocycles. The number of rotatable bonds is 10. The SMILES string of the molecule is CCC(C)(C)C(=O)OC[C@H]1C=C2CC[C@H](C)[C@H](CC[C@@H]3C[C@@H](O)CC(=O)O3)[C@H]2[C@@H](OC(=O)C(C)(C)CC)C1. The van der Waals surface area contributed by atoms with E-state index >= 15 is 0 Å². The van der Waals surface area contributed by atoms with E-state index < -0.39 is 16.9 Å². The van der Waals surface area contributed by atoms with Gasteiger partial charge in [-0.25, -0.2) is 0 Å². The van der Waals surface area contributed by atoms with Crippen molar-refractivity contribution in [2.75, 3.05) is 6.61 Å². The molecule has 1 saturated heterocycles. The Morgan fingerprint density at radius 1 is 1.05 bits per heavy atom. The van der Waals surface area contributed by atoms with Gasteiger partial charge in [0.25, 0.3) is 0 Å². The van der Waals surface area contributed by atoms with Crippen LogP contribution in [0, 0.1) is 34.5 Å². The molecule has 2 fully saturated rings. The first-order valence-corrected chi connectivity index (χ1v) is 14.7. The van der Waals surface area contributed by atoms with E-state index in [0.29, 0.717) is 44.6 Å². The summed E-state index contributed by atoms with van der Waals surface area (Å²) in [6.07, 6.45) is 7.15. The third-order valence-corrected chi connectivity index (χ3v) is 9.51. The molecule has 7 heteroatoms. The smallest absolute Gasteiger partial charge is 0.311 e. The molecule has 0 radical (unpaired) electrons. The number of aliphatic hydroxyl groups excluding tert-OH is 1. The standard InChI is InChI=1S/C31H50O7/c1-8-30(4,5)28(34)36-18-20-14-21-11-10-19(3)24(13-12-23-16-22(32)17-26(33)37-23)27(21)25(15-20)38-29(35)31(6,7)9-2/h14,19-20,22-25,27,32H,8-13,15-18H2,1-7H3/t19-,20-,22+,23+,24-,25-,27-/m0/s1. The average molecular weight is 535 g/mol. The van der Waals surface area contributed by atoms with E-state index in [1.807, 2.05) is 41.5 Å². The second kappa shape index (κ2) is 12.5. The van der Waals surface area contributed by atoms with Crippen molar-refractivity contribution in [2.45, 2.75) is 125 Å². The van der Waals surface area contributed by atoms with Crippen LogP contribution in [0.15, 0.2) is 11.6 Å². The molecule has 38 heavy (non-hydrogen) atoms. The third-order valence-electron chi connectivity index (χ3n) is 9.51. The minimum Gasteiger partial charge on any atom is -0.465 e. The second-order valence-corrected chi connectivity index (χ2v) is 13.2. The highest BCUT2D eigenvalue weighted by Crippen LogP contribution is 2.48. The number of esters is 3. The Labute approximate surface area is 229 Å². The van der Waals surface area contributed by atoms with Crippen LogP contribution in [-0.2, 0) is 28.6 Å². The van der Waals surface area contributed by atoms with Crippen LogP contribution in [0.2, 0.25) is 0 Å². The van der Waals surface area contributed by atoms with Crippen LogP contribution in [0.4, 0.5) is 0 Å². The van der Waals surface area contributed by atoms with E-state index in [1.54, 1.807) is 0 Å². The van der Waals surface area contributed by atoms with Crippen LogP contribution >= 0.6 is 0 Å². The zero-order chi connectivity index (χ0) is 28.3. The fraction of sp³-hybridized carbons (Fsp3) is 0.839. The Hall–Kier alpha value is -1.89. The van der Waals surface area contributed by atoms with Gasteiger partial charge in [0.2, 0.25) is 0 Å². The van der Waals surface area contributed by atoms with Crippen molar-refractivity contribution in [1.82, 2.24) is 0 Å². The van der Waals surface area contributed by atoms with Gasteiger partial charge in [0.15, 0.2) is 0 Å². The highest BCUT2D eigenvalue weighted by molar-refractivity contribution is 5.76. The van der Waals surface area contributed by atoms with Crippen LogP contribution in [-0.4, -0.2) is 47.9 Å². The zero-order valence-electron chi connectivity index (χ0n) is 24.6. The molecule has 0 bridgehead atoms. The molecular formula is C31H50O7. The first kappa shape index (κ1) is 30.6. The number of hydrogen-bond donors (Lipinski definition) is 1. The van der Waals surface area contributed by atoms with Crippen LogP contribution in [0.5, 0.6) is 0 Å². The van der Waals surface area contributed by atoms with E-state index in [2.05, 4.69) is 13.0 Å². The molecular weight excluding hydrogens is 484 g/mol. The quantitative estimate of drug-likeness (QED) is 0.216. The lowest BCUT2D eigenvalue weighted by atomic mass is 9.62. The van der Waals surface area contributed by atoms with E-state index in [-0.39, 0.29) is 54.3 Å². The van der Waals surface area contributed by atoms with Crippen LogP contribution in [0.25, 0.3) is 0 Å². The van der Waals surface area contributed by atoms with Gasteiger partial charge in [-0.15, -0.1) is 0 Å². The first-order chi connectivity index (χ1) is 17.8. The molecule has 1 N–H and O–H groups in total. The van der Waals surface area contributed by atoms with Gasteiger partial charge in [0.05, 0.1) is 30.0 Å². The van der Waals surface area contributed by atoms with Gasteiger partial charge in [-0.3, -0.25) is 14.4 Å². The molecule has 0 spiro atoms. The van der Waals surface area contributed by atoms with Gasteiger partial charge in [-0.05, 0) is 84.5 Å². The predicted octanol–water partition coefficient (Wildman–Crippen LogP) is 5.77. The summed E-state index contributed by atoms with van der Waals surface area (Å²) in [5.74, 6) is 0.0960. The van der Waals surface area contributed by atoms with E-state index in [9.17, 15) is 19.5 Å². The second-order valence-electron chi connectivity index (χ2n) is 13.2. The maximum Gasteiger partial charge on any atom is 0.311 e. The van der Waals surface area contributed by atoms with Crippen molar-refractivity contribution in [1.29, 1.82) is 0 Å². The van der Waals surface area contributed by atoms with Gasteiger partial charge in [0, 0.05) is 18.3 Å². The minimum atomic E-state index is -0.638. The molecule has 2 aliphatic carbocycles. The largest absolute Gasteiger partial charge is 0.465 e. The average Bonchev–Trinajstić information content (AvgIpc) is 2.86. The number of cyclic esters (lactones) is 1. The normalized spacial score (nSPS) is 32.1. The Morgan fingerprint density at radius 2 is 1.71 bits per heavy atom. The van der Waals surface area contributed by atoms with Gasteiger partial charge < -0.3 is 19.3 Å². The number of ether oxygens (including phenoxy) is 3. The molecule has 0 aromatic rings. The van der Waals surface area contributed by atoms with Crippen LogP contribution in [0.1, 0.15) is 106 Å². The maximum absolute atomic E-state index is 13.2. The Balaban J connectivity index is 1.80. The van der Waals surface area contributed by atoms with E-state index in [1.165, 1.54) is 5.57 Å². The lowest BCUT2D eigenvalue weighted by Gasteiger charge is -2.46. The minimum absolute atomic E-state index is 0.00361. The van der Waals surface area contributed by atoms with Crippen molar-refractivity contribution < 1.29 is 33.7 Å². The number of carbonyl (C=O) groups excluding carboxylic acids is 3. The summed E-state index contributed by atoms with van der Waals surface area (Å²) in [4.78, 5) is 37.7. The van der Waals surface area contributed by atoms with Crippen molar-refractivity contribution in [3.05, 3.63) is 11.6 Å². The topological polar surface area (TPSA) is 99.1 Å². The summed E-state index contributed by atoms with van der Waals surface area (Å²) in [7, 11) is 0. The van der Waals surface area contributed by atoms with Crippen molar-refractivity contribution in [3.8, 4) is 0 Å². The summed E-state index contributed by atoms with van der Waals surface area (Å²) in [6, 6.07) is 0. The van der Waals surface area contributed by atoms with Crippen molar-refractivity contribution in [2.24, 2.45) is 34.5 Å². The Morgan fingerprint density at radius 3 is 2.34 bits per heavy atom. The molecule has 1 heterocycles. The molecule has 0 aromatic carbocycles. The summed E-state index contributed by atoms with van der Waals surface area (Å²) in [5, 5.41) is 10.0. The Kier molecular flexibility index (Phi) is 10.1. The molecule has 1 saturated carbocycles. The number of hydrogen-bond acceptors (Lipinski definition) is 7. The number of fused-ring (bicyclic) bond motifs is 1. The van der Waals surface area contributed by atoms with Gasteiger partial charge in [-0.2, -0.15) is 0 Å². The summed E-state index contributed by atoms with van der Waals surface area (Å²) in [6.45, 7) is 14.2. The number of carbonyl (C=O) groups is 3. The van der Waals surface area contributed by atoms with Crippen LogP contribution < -0.4 is 0 Å². The highest BCUT2D eigenvalue weighted by atomic mass is 16.6. The van der Waals surface area contributed by atoms with Crippen molar-refractivity contribution >= 4 is 17.9 Å². The third kappa shape index (κ3) is 7.40. The lowest BCUT2D eigenvalue weighted by Crippen LogP contribution is -2.45. The maximum atomic E-state index is 13.2. The molecule has 7 atom stereocenters. The molecule has 7 nitrogen and oxygen atoms in total. The summed E-state index contributed by atoms with van der Waals surface area (Å²) in [5.41, 5.74) is 0.197. The Bertz CT molecular complexity index is 889. The zero-order valence-corrected chi connectivity index (χ0v) is 24.6.